The average Bonchev–Trinajstić information content (AvgIpc) is 2.46. The molecule has 0 amide bonds. The molecule has 0 aliphatic rings. The molecule has 1 rings (SSSR count). The molecule has 0 aliphatic heterocycles. The summed E-state index contributed by atoms with van der Waals surface area (Å²) in [4.78, 5) is 7.17. The van der Waals surface area contributed by atoms with E-state index in [9.17, 15) is 0 Å². The van der Waals surface area contributed by atoms with Gasteiger partial charge in [-0.2, -0.15) is 0 Å². The van der Waals surface area contributed by atoms with Crippen molar-refractivity contribution in [2.24, 2.45) is 5.92 Å². The van der Waals surface area contributed by atoms with Crippen LogP contribution in [0.2, 0.25) is 0 Å². The fourth-order valence-corrected chi connectivity index (χ4v) is 2.55. The molecule has 0 fully saturated rings. The Hall–Kier alpha value is -1.09. The van der Waals surface area contributed by atoms with Crippen LogP contribution in [0.4, 0.5) is 5.82 Å². The van der Waals surface area contributed by atoms with Gasteiger partial charge in [-0.15, -0.1) is 0 Å². The molecular formula is C18H33N3. The zero-order valence-corrected chi connectivity index (χ0v) is 14.7. The molecule has 1 heterocycles. The van der Waals surface area contributed by atoms with Crippen molar-refractivity contribution in [3.63, 3.8) is 0 Å². The second-order valence-electron chi connectivity index (χ2n) is 6.23. The first-order chi connectivity index (χ1) is 9.99. The van der Waals surface area contributed by atoms with E-state index in [1.54, 1.807) is 0 Å². The number of hydrogen-bond acceptors (Lipinski definition) is 3. The Morgan fingerprint density at radius 2 is 1.81 bits per heavy atom. The standard InChI is InChI=1S/C18H33N3/c1-7-16(8-2)13-21(9-3)18-11-17(10-15(6)20-18)12-19-14(4)5/h10-11,14,16,19H,7-9,12-13H2,1-6H3. The molecule has 0 aromatic carbocycles. The second-order valence-corrected chi connectivity index (χ2v) is 6.23. The maximum Gasteiger partial charge on any atom is 0.129 e. The van der Waals surface area contributed by atoms with Crippen molar-refractivity contribution in [2.45, 2.75) is 67.0 Å². The van der Waals surface area contributed by atoms with E-state index in [1.165, 1.54) is 18.4 Å². The molecule has 0 saturated carbocycles. The normalized spacial score (nSPS) is 11.4. The van der Waals surface area contributed by atoms with Crippen molar-refractivity contribution in [2.75, 3.05) is 18.0 Å². The van der Waals surface area contributed by atoms with E-state index < -0.39 is 0 Å². The van der Waals surface area contributed by atoms with E-state index >= 15 is 0 Å². The first kappa shape index (κ1) is 18.0. The molecular weight excluding hydrogens is 258 g/mol. The van der Waals surface area contributed by atoms with Gasteiger partial charge in [0.2, 0.25) is 0 Å². The number of rotatable bonds is 9. The van der Waals surface area contributed by atoms with Gasteiger partial charge in [0.05, 0.1) is 0 Å². The minimum Gasteiger partial charge on any atom is -0.357 e. The van der Waals surface area contributed by atoms with Crippen LogP contribution >= 0.6 is 0 Å². The maximum absolute atomic E-state index is 4.75. The van der Waals surface area contributed by atoms with Crippen molar-refractivity contribution < 1.29 is 0 Å². The Kier molecular flexibility index (Phi) is 7.73. The molecule has 0 unspecified atom stereocenters. The third kappa shape index (κ3) is 6.04. The number of nitrogens with zero attached hydrogens (tertiary/aromatic N) is 2. The molecule has 0 bridgehead atoms. The Balaban J connectivity index is 2.87. The van der Waals surface area contributed by atoms with Crippen LogP contribution in [-0.2, 0) is 6.54 Å². The van der Waals surface area contributed by atoms with Crippen LogP contribution in [0, 0.1) is 12.8 Å². The summed E-state index contributed by atoms with van der Waals surface area (Å²) >= 11 is 0. The molecule has 120 valence electrons. The van der Waals surface area contributed by atoms with Crippen LogP contribution in [0.15, 0.2) is 12.1 Å². The Bertz CT molecular complexity index is 411. The topological polar surface area (TPSA) is 28.2 Å². The molecule has 21 heavy (non-hydrogen) atoms. The molecule has 0 aliphatic carbocycles. The summed E-state index contributed by atoms with van der Waals surface area (Å²) in [6.07, 6.45) is 2.47. The number of anilines is 1. The van der Waals surface area contributed by atoms with Crippen LogP contribution < -0.4 is 10.2 Å². The van der Waals surface area contributed by atoms with Crippen molar-refractivity contribution in [3.8, 4) is 0 Å². The zero-order chi connectivity index (χ0) is 15.8. The number of aromatic nitrogens is 1. The smallest absolute Gasteiger partial charge is 0.129 e. The van der Waals surface area contributed by atoms with E-state index in [-0.39, 0.29) is 0 Å². The Morgan fingerprint density at radius 3 is 2.33 bits per heavy atom. The molecule has 1 N–H and O–H groups in total. The van der Waals surface area contributed by atoms with Crippen LogP contribution in [-0.4, -0.2) is 24.1 Å². The number of pyridine rings is 1. The predicted molar refractivity (Wildman–Crippen MR) is 92.9 cm³/mol. The fraction of sp³-hybridized carbons (Fsp3) is 0.722. The van der Waals surface area contributed by atoms with E-state index in [4.69, 9.17) is 4.98 Å². The minimum atomic E-state index is 0.508. The number of hydrogen-bond donors (Lipinski definition) is 1. The molecule has 0 radical (unpaired) electrons. The highest BCUT2D eigenvalue weighted by atomic mass is 15.2. The monoisotopic (exact) mass is 291 g/mol. The molecule has 0 spiro atoms. The van der Waals surface area contributed by atoms with Crippen LogP contribution in [0.1, 0.15) is 58.7 Å². The largest absolute Gasteiger partial charge is 0.357 e. The predicted octanol–water partition coefficient (Wildman–Crippen LogP) is 4.15. The van der Waals surface area contributed by atoms with Gasteiger partial charge in [-0.05, 0) is 37.5 Å². The maximum atomic E-state index is 4.75. The van der Waals surface area contributed by atoms with Gasteiger partial charge in [0.15, 0.2) is 0 Å². The van der Waals surface area contributed by atoms with Gasteiger partial charge in [-0.1, -0.05) is 40.5 Å². The van der Waals surface area contributed by atoms with Gasteiger partial charge in [-0.25, -0.2) is 4.98 Å². The van der Waals surface area contributed by atoms with Gasteiger partial charge >= 0.3 is 0 Å². The van der Waals surface area contributed by atoms with Gasteiger partial charge < -0.3 is 10.2 Å². The summed E-state index contributed by atoms with van der Waals surface area (Å²) < 4.78 is 0. The average molecular weight is 291 g/mol. The Morgan fingerprint density at radius 1 is 1.14 bits per heavy atom. The van der Waals surface area contributed by atoms with Gasteiger partial charge in [0.25, 0.3) is 0 Å². The van der Waals surface area contributed by atoms with Crippen molar-refractivity contribution in [1.82, 2.24) is 10.3 Å². The molecule has 1 aromatic heterocycles. The Labute approximate surface area is 131 Å². The molecule has 0 saturated heterocycles. The molecule has 0 atom stereocenters. The van der Waals surface area contributed by atoms with Crippen LogP contribution in [0.3, 0.4) is 0 Å². The summed E-state index contributed by atoms with van der Waals surface area (Å²) in [5, 5.41) is 3.49. The number of nitrogens with one attached hydrogen (secondary N) is 1. The summed E-state index contributed by atoms with van der Waals surface area (Å²) in [7, 11) is 0. The van der Waals surface area contributed by atoms with Crippen molar-refractivity contribution >= 4 is 5.82 Å². The lowest BCUT2D eigenvalue weighted by atomic mass is 10.0. The quantitative estimate of drug-likeness (QED) is 0.741. The van der Waals surface area contributed by atoms with E-state index in [0.717, 1.165) is 37.1 Å². The van der Waals surface area contributed by atoms with Gasteiger partial charge in [0, 0.05) is 31.4 Å². The van der Waals surface area contributed by atoms with Gasteiger partial charge in [-0.3, -0.25) is 0 Å². The van der Waals surface area contributed by atoms with E-state index in [1.807, 2.05) is 0 Å². The minimum absolute atomic E-state index is 0.508. The molecule has 3 nitrogen and oxygen atoms in total. The van der Waals surface area contributed by atoms with Crippen molar-refractivity contribution in [1.29, 1.82) is 0 Å². The third-order valence-electron chi connectivity index (χ3n) is 4.05. The van der Waals surface area contributed by atoms with Crippen LogP contribution in [0.25, 0.3) is 0 Å². The third-order valence-corrected chi connectivity index (χ3v) is 4.05. The number of aryl methyl sites for hydroxylation is 1. The highest BCUT2D eigenvalue weighted by molar-refractivity contribution is 5.42. The lowest BCUT2D eigenvalue weighted by Gasteiger charge is -2.27. The summed E-state index contributed by atoms with van der Waals surface area (Å²) in [6.45, 7) is 16.3. The van der Waals surface area contributed by atoms with E-state index in [2.05, 4.69) is 63.9 Å². The fourth-order valence-electron chi connectivity index (χ4n) is 2.55. The molecule has 1 aromatic rings. The summed E-state index contributed by atoms with van der Waals surface area (Å²) in [6, 6.07) is 4.94. The van der Waals surface area contributed by atoms with Crippen molar-refractivity contribution in [3.05, 3.63) is 23.4 Å². The molecule has 3 heteroatoms. The highest BCUT2D eigenvalue weighted by Gasteiger charge is 2.13. The van der Waals surface area contributed by atoms with E-state index in [0.29, 0.717) is 6.04 Å². The highest BCUT2D eigenvalue weighted by Crippen LogP contribution is 2.19. The summed E-state index contributed by atoms with van der Waals surface area (Å²) in [5.74, 6) is 1.88. The second kappa shape index (κ2) is 9.04. The lowest BCUT2D eigenvalue weighted by Crippen LogP contribution is -2.30. The zero-order valence-electron chi connectivity index (χ0n) is 14.7. The lowest BCUT2D eigenvalue weighted by molar-refractivity contribution is 0.484. The first-order valence-corrected chi connectivity index (χ1v) is 8.45. The summed E-state index contributed by atoms with van der Waals surface area (Å²) in [5.41, 5.74) is 2.44. The van der Waals surface area contributed by atoms with Crippen LogP contribution in [0.5, 0.6) is 0 Å². The SMILES string of the molecule is CCC(CC)CN(CC)c1cc(CNC(C)C)cc(C)n1. The van der Waals surface area contributed by atoms with Gasteiger partial charge in [0.1, 0.15) is 5.82 Å². The first-order valence-electron chi connectivity index (χ1n) is 8.45.